The average Bonchev–Trinajstić information content (AvgIpc) is 3.03. The lowest BCUT2D eigenvalue weighted by molar-refractivity contribution is 1.26. The van der Waals surface area contributed by atoms with Crippen molar-refractivity contribution in [1.29, 1.82) is 0 Å². The number of aryl methyl sites for hydroxylation is 7. The largest absolute Gasteiger partial charge is 0.311 e. The molecule has 0 N–H and O–H groups in total. The highest BCUT2D eigenvalue weighted by molar-refractivity contribution is 5.76. The molecular formula is C43H45N. The van der Waals surface area contributed by atoms with Gasteiger partial charge >= 0.3 is 0 Å². The van der Waals surface area contributed by atoms with Gasteiger partial charge in [0.2, 0.25) is 0 Å². The minimum atomic E-state index is 1.18. The molecule has 0 saturated carbocycles. The van der Waals surface area contributed by atoms with Gasteiger partial charge in [0.15, 0.2) is 0 Å². The molecule has 0 aliphatic carbocycles. The first-order chi connectivity index (χ1) is 21.2. The summed E-state index contributed by atoms with van der Waals surface area (Å²) in [5.74, 6) is 0. The van der Waals surface area contributed by atoms with Gasteiger partial charge in [-0.2, -0.15) is 0 Å². The second-order valence-electron chi connectivity index (χ2n) is 11.7. The first-order valence-corrected chi connectivity index (χ1v) is 15.3. The summed E-state index contributed by atoms with van der Waals surface area (Å²) >= 11 is 0. The van der Waals surface area contributed by atoms with Gasteiger partial charge in [-0.05, 0) is 96.0 Å². The van der Waals surface area contributed by atoms with Gasteiger partial charge in [-0.15, -0.1) is 0 Å². The molecule has 0 aliphatic rings. The first-order valence-electron chi connectivity index (χ1n) is 15.3. The molecule has 0 aromatic heterocycles. The lowest BCUT2D eigenvalue weighted by atomic mass is 10.0. The van der Waals surface area contributed by atoms with Crippen LogP contribution < -0.4 is 4.90 Å². The van der Waals surface area contributed by atoms with Gasteiger partial charge in [0.25, 0.3) is 0 Å². The Morgan fingerprint density at radius 2 is 0.386 bits per heavy atom. The summed E-state index contributed by atoms with van der Waals surface area (Å²) < 4.78 is 0. The van der Waals surface area contributed by atoms with Gasteiger partial charge in [-0.3, -0.25) is 0 Å². The number of nitrogens with zero attached hydrogens (tertiary/aromatic N) is 1. The molecule has 6 aromatic carbocycles. The smallest absolute Gasteiger partial charge is 0.0461 e. The van der Waals surface area contributed by atoms with Crippen LogP contribution in [-0.2, 0) is 0 Å². The van der Waals surface area contributed by atoms with Gasteiger partial charge < -0.3 is 4.90 Å². The Morgan fingerprint density at radius 1 is 0.227 bits per heavy atom. The number of anilines is 3. The van der Waals surface area contributed by atoms with E-state index < -0.39 is 0 Å². The molecule has 222 valence electrons. The van der Waals surface area contributed by atoms with Crippen LogP contribution in [0.4, 0.5) is 17.1 Å². The van der Waals surface area contributed by atoms with Crippen LogP contribution in [0.15, 0.2) is 146 Å². The molecule has 0 spiro atoms. The van der Waals surface area contributed by atoms with Gasteiger partial charge in [0.1, 0.15) is 0 Å². The van der Waals surface area contributed by atoms with E-state index in [0.717, 1.165) is 0 Å². The van der Waals surface area contributed by atoms with Crippen molar-refractivity contribution in [2.24, 2.45) is 0 Å². The molecule has 6 rings (SSSR count). The van der Waals surface area contributed by atoms with Crippen molar-refractivity contribution in [3.05, 3.63) is 185 Å². The van der Waals surface area contributed by atoms with Crippen LogP contribution in [0.3, 0.4) is 0 Å². The van der Waals surface area contributed by atoms with Crippen molar-refractivity contribution in [2.75, 3.05) is 4.90 Å². The molecular weight excluding hydrogens is 530 g/mol. The zero-order valence-electron chi connectivity index (χ0n) is 27.3. The predicted octanol–water partition coefficient (Wildman–Crippen LogP) is 12.4. The van der Waals surface area contributed by atoms with Crippen molar-refractivity contribution in [2.45, 2.75) is 48.5 Å². The Balaban J connectivity index is 0.000000170. The Labute approximate surface area is 265 Å². The van der Waals surface area contributed by atoms with Crippen molar-refractivity contribution in [3.8, 4) is 11.1 Å². The van der Waals surface area contributed by atoms with E-state index in [1.54, 1.807) is 0 Å². The first kappa shape index (κ1) is 32.0. The van der Waals surface area contributed by atoms with Gasteiger partial charge in [0.05, 0.1) is 0 Å². The van der Waals surface area contributed by atoms with E-state index in [-0.39, 0.29) is 0 Å². The molecule has 1 nitrogen and oxygen atoms in total. The SMILES string of the molecule is Cc1ccc(-c2ccc(C)cc2)cc1.Cc1ccc(C)cc1.Cc1ccc(N(c2ccc(C)cc2)c2ccc(C)cc2)cc1. The van der Waals surface area contributed by atoms with Crippen molar-refractivity contribution in [1.82, 2.24) is 0 Å². The summed E-state index contributed by atoms with van der Waals surface area (Å²) in [6, 6.07) is 51.7. The normalized spacial score (nSPS) is 10.2. The number of hydrogen-bond acceptors (Lipinski definition) is 1. The van der Waals surface area contributed by atoms with E-state index >= 15 is 0 Å². The summed E-state index contributed by atoms with van der Waals surface area (Å²) in [4.78, 5) is 2.29. The lowest BCUT2D eigenvalue weighted by Crippen LogP contribution is -2.09. The molecule has 0 fully saturated rings. The predicted molar refractivity (Wildman–Crippen MR) is 193 cm³/mol. The topological polar surface area (TPSA) is 3.24 Å². The van der Waals surface area contributed by atoms with Crippen molar-refractivity contribution < 1.29 is 0 Å². The maximum atomic E-state index is 2.29. The minimum absolute atomic E-state index is 1.18. The van der Waals surface area contributed by atoms with E-state index in [1.165, 1.54) is 67.1 Å². The van der Waals surface area contributed by atoms with E-state index in [4.69, 9.17) is 0 Å². The summed E-state index contributed by atoms with van der Waals surface area (Å²) in [6.07, 6.45) is 0. The zero-order chi connectivity index (χ0) is 31.5. The van der Waals surface area contributed by atoms with Crippen molar-refractivity contribution in [3.63, 3.8) is 0 Å². The fraction of sp³-hybridized carbons (Fsp3) is 0.163. The van der Waals surface area contributed by atoms with Crippen LogP contribution in [0, 0.1) is 48.5 Å². The van der Waals surface area contributed by atoms with E-state index in [9.17, 15) is 0 Å². The quantitative estimate of drug-likeness (QED) is 0.202. The molecule has 0 radical (unpaired) electrons. The number of benzene rings is 6. The highest BCUT2D eigenvalue weighted by Crippen LogP contribution is 2.34. The third-order valence-corrected chi connectivity index (χ3v) is 7.53. The van der Waals surface area contributed by atoms with Gasteiger partial charge in [-0.1, -0.05) is 148 Å². The van der Waals surface area contributed by atoms with Crippen LogP contribution >= 0.6 is 0 Å². The Kier molecular flexibility index (Phi) is 11.3. The lowest BCUT2D eigenvalue weighted by Gasteiger charge is -2.25. The Bertz CT molecular complexity index is 1520. The fourth-order valence-electron chi connectivity index (χ4n) is 4.66. The van der Waals surface area contributed by atoms with E-state index in [1.807, 2.05) is 0 Å². The van der Waals surface area contributed by atoms with E-state index in [2.05, 4.69) is 199 Å². The third kappa shape index (κ3) is 9.57. The summed E-state index contributed by atoms with van der Waals surface area (Å²) in [5.41, 5.74) is 15.2. The third-order valence-electron chi connectivity index (χ3n) is 7.53. The van der Waals surface area contributed by atoms with Crippen LogP contribution in [-0.4, -0.2) is 0 Å². The van der Waals surface area contributed by atoms with Crippen LogP contribution in [0.25, 0.3) is 11.1 Å². The maximum absolute atomic E-state index is 2.29. The molecule has 0 heterocycles. The average molecular weight is 576 g/mol. The monoisotopic (exact) mass is 575 g/mol. The molecule has 0 atom stereocenters. The Hall–Kier alpha value is -4.88. The van der Waals surface area contributed by atoms with Crippen LogP contribution in [0.1, 0.15) is 38.9 Å². The number of hydrogen-bond donors (Lipinski definition) is 0. The molecule has 0 saturated heterocycles. The fourth-order valence-corrected chi connectivity index (χ4v) is 4.66. The van der Waals surface area contributed by atoms with Gasteiger partial charge in [-0.25, -0.2) is 0 Å². The van der Waals surface area contributed by atoms with Crippen LogP contribution in [0.2, 0.25) is 0 Å². The van der Waals surface area contributed by atoms with E-state index in [0.29, 0.717) is 0 Å². The summed E-state index contributed by atoms with van der Waals surface area (Å²) in [5, 5.41) is 0. The van der Waals surface area contributed by atoms with Gasteiger partial charge in [0, 0.05) is 17.1 Å². The molecule has 6 aromatic rings. The highest BCUT2D eigenvalue weighted by atomic mass is 15.1. The molecule has 1 heteroatoms. The zero-order valence-corrected chi connectivity index (χ0v) is 27.3. The molecule has 0 bridgehead atoms. The second kappa shape index (κ2) is 15.5. The number of rotatable bonds is 4. The van der Waals surface area contributed by atoms with Crippen LogP contribution in [0.5, 0.6) is 0 Å². The van der Waals surface area contributed by atoms with Crippen molar-refractivity contribution >= 4 is 17.1 Å². The molecule has 0 unspecified atom stereocenters. The minimum Gasteiger partial charge on any atom is -0.311 e. The summed E-state index contributed by atoms with van der Waals surface area (Å²) in [7, 11) is 0. The standard InChI is InChI=1S/C21H21N.C14H14.C8H10/c1-16-4-10-19(11-5-16)22(20-12-6-17(2)7-13-20)21-14-8-18(3)9-15-21;1-11-3-7-13(8-4-11)14-9-5-12(2)6-10-14;1-7-3-5-8(2)6-4-7/h4-15H,1-3H3;3-10H,1-2H3;3-6H,1-2H3. The Morgan fingerprint density at radius 3 is 0.591 bits per heavy atom. The molecule has 0 aliphatic heterocycles. The maximum Gasteiger partial charge on any atom is 0.0461 e. The molecule has 44 heavy (non-hydrogen) atoms. The highest BCUT2D eigenvalue weighted by Gasteiger charge is 2.11. The summed E-state index contributed by atoms with van der Waals surface area (Å²) in [6.45, 7) is 14.8. The molecule has 0 amide bonds. The second-order valence-corrected chi connectivity index (χ2v) is 11.7.